The molecule has 0 radical (unpaired) electrons. The van der Waals surface area contributed by atoms with Gasteiger partial charge in [-0.1, -0.05) is 121 Å². The Morgan fingerprint density at radius 1 is 0.412 bits per heavy atom. The first-order chi connectivity index (χ1) is 25.3. The number of thiophene rings is 2. The Morgan fingerprint density at radius 2 is 1.02 bits per heavy atom. The van der Waals surface area contributed by atoms with Crippen LogP contribution in [0.3, 0.4) is 0 Å². The van der Waals surface area contributed by atoms with Gasteiger partial charge in [-0.15, -0.1) is 22.7 Å². The molecule has 240 valence electrons. The van der Waals surface area contributed by atoms with Gasteiger partial charge in [-0.2, -0.15) is 9.97 Å². The van der Waals surface area contributed by atoms with E-state index in [0.717, 1.165) is 38.3 Å². The van der Waals surface area contributed by atoms with E-state index in [1.807, 2.05) is 23.5 Å². The number of benzene rings is 7. The highest BCUT2D eigenvalue weighted by atomic mass is 32.1. The topological polar surface area (TPSA) is 41.9 Å². The monoisotopic (exact) mass is 688 g/mol. The molecule has 10 aromatic rings. The van der Waals surface area contributed by atoms with Crippen molar-refractivity contribution >= 4 is 80.3 Å². The molecule has 51 heavy (non-hydrogen) atoms. The molecule has 0 aliphatic rings. The molecule has 0 atom stereocenters. The number of nitrogens with zero attached hydrogens (tertiary/aromatic N) is 4. The van der Waals surface area contributed by atoms with Crippen LogP contribution in [0.25, 0.3) is 74.2 Å². The summed E-state index contributed by atoms with van der Waals surface area (Å²) >= 11 is 3.59. The molecule has 3 aromatic heterocycles. The van der Waals surface area contributed by atoms with Crippen LogP contribution in [0, 0.1) is 0 Å². The summed E-state index contributed by atoms with van der Waals surface area (Å²) in [4.78, 5) is 18.1. The minimum atomic E-state index is 0.562. The van der Waals surface area contributed by atoms with Crippen molar-refractivity contribution in [1.29, 1.82) is 0 Å². The van der Waals surface area contributed by atoms with Gasteiger partial charge >= 0.3 is 0 Å². The van der Waals surface area contributed by atoms with Gasteiger partial charge in [-0.05, 0) is 59.7 Å². The fraction of sp³-hybridized carbons (Fsp3) is 0. The van der Waals surface area contributed by atoms with E-state index in [1.54, 1.807) is 11.3 Å². The zero-order valence-electron chi connectivity index (χ0n) is 27.3. The van der Waals surface area contributed by atoms with Gasteiger partial charge in [0.1, 0.15) is 0 Å². The first-order valence-corrected chi connectivity index (χ1v) is 18.5. The maximum Gasteiger partial charge on any atom is 0.238 e. The van der Waals surface area contributed by atoms with Crippen LogP contribution in [0.15, 0.2) is 170 Å². The number of para-hydroxylation sites is 1. The molecule has 0 aliphatic heterocycles. The largest absolute Gasteiger partial charge is 0.278 e. The summed E-state index contributed by atoms with van der Waals surface area (Å²) < 4.78 is 4.87. The van der Waals surface area contributed by atoms with Gasteiger partial charge in [0, 0.05) is 57.2 Å². The minimum Gasteiger partial charge on any atom is -0.278 e. The fourth-order valence-electron chi connectivity index (χ4n) is 6.99. The molecule has 0 amide bonds. The van der Waals surface area contributed by atoms with E-state index in [9.17, 15) is 0 Å². The predicted molar refractivity (Wildman–Crippen MR) is 217 cm³/mol. The highest BCUT2D eigenvalue weighted by Gasteiger charge is 2.24. The van der Waals surface area contributed by atoms with Gasteiger partial charge in [-0.25, -0.2) is 4.98 Å². The Hall–Kier alpha value is -6.21. The number of fused-ring (bicyclic) bond motifs is 6. The molecular weight excluding hydrogens is 661 g/mol. The second kappa shape index (κ2) is 12.3. The molecule has 10 rings (SSSR count). The summed E-state index contributed by atoms with van der Waals surface area (Å²) in [5.41, 5.74) is 6.17. The average molecular weight is 689 g/mol. The summed E-state index contributed by atoms with van der Waals surface area (Å²) in [6.45, 7) is 0. The van der Waals surface area contributed by atoms with Gasteiger partial charge in [0.15, 0.2) is 11.6 Å². The number of hydrogen-bond donors (Lipinski definition) is 0. The molecule has 4 nitrogen and oxygen atoms in total. The lowest BCUT2D eigenvalue weighted by Gasteiger charge is -2.25. The van der Waals surface area contributed by atoms with Crippen LogP contribution < -0.4 is 4.90 Å². The normalized spacial score (nSPS) is 11.5. The summed E-state index contributed by atoms with van der Waals surface area (Å²) in [5.74, 6) is 1.82. The van der Waals surface area contributed by atoms with Crippen molar-refractivity contribution in [3.63, 3.8) is 0 Å². The van der Waals surface area contributed by atoms with Gasteiger partial charge in [-0.3, -0.25) is 4.90 Å². The van der Waals surface area contributed by atoms with Crippen LogP contribution in [0.5, 0.6) is 0 Å². The van der Waals surface area contributed by atoms with Gasteiger partial charge in [0.05, 0.1) is 5.69 Å². The Bertz CT molecular complexity index is 2880. The molecule has 7 aromatic carbocycles. The smallest absolute Gasteiger partial charge is 0.238 e. The molecule has 0 aliphatic carbocycles. The van der Waals surface area contributed by atoms with E-state index >= 15 is 0 Å². The third-order valence-corrected chi connectivity index (χ3v) is 11.7. The molecule has 0 spiro atoms. The Labute approximate surface area is 302 Å². The van der Waals surface area contributed by atoms with Crippen LogP contribution in [-0.4, -0.2) is 15.0 Å². The lowest BCUT2D eigenvalue weighted by Crippen LogP contribution is -2.15. The van der Waals surface area contributed by atoms with Crippen LogP contribution in [0.4, 0.5) is 17.3 Å². The van der Waals surface area contributed by atoms with Gasteiger partial charge in [0.25, 0.3) is 0 Å². The standard InChI is InChI=1S/C45H28N4S2/c1-3-14-29(15-4-1)30-16-11-17-31(28-30)43-46-44(36-23-12-22-34-33-20-7-9-25-38(33)51-42(34)36)48-45(47-43)49(32-18-5-2-6-19-32)37-24-13-27-40-41(37)35-21-8-10-26-39(35)50-40/h1-28H. The molecule has 0 N–H and O–H groups in total. The quantitative estimate of drug-likeness (QED) is 0.174. The summed E-state index contributed by atoms with van der Waals surface area (Å²) in [7, 11) is 0. The van der Waals surface area contributed by atoms with Crippen molar-refractivity contribution < 1.29 is 0 Å². The van der Waals surface area contributed by atoms with E-state index in [2.05, 4.69) is 163 Å². The van der Waals surface area contributed by atoms with Crippen LogP contribution >= 0.6 is 22.7 Å². The van der Waals surface area contributed by atoms with Crippen molar-refractivity contribution in [3.05, 3.63) is 170 Å². The van der Waals surface area contributed by atoms with E-state index in [-0.39, 0.29) is 0 Å². The number of hydrogen-bond acceptors (Lipinski definition) is 6. The van der Waals surface area contributed by atoms with Crippen molar-refractivity contribution in [2.24, 2.45) is 0 Å². The lowest BCUT2D eigenvalue weighted by atomic mass is 10.0. The minimum absolute atomic E-state index is 0.562. The van der Waals surface area contributed by atoms with E-state index in [0.29, 0.717) is 17.6 Å². The molecule has 0 fully saturated rings. The van der Waals surface area contributed by atoms with Gasteiger partial charge in [0.2, 0.25) is 5.95 Å². The lowest BCUT2D eigenvalue weighted by molar-refractivity contribution is 1.03. The first kappa shape index (κ1) is 29.7. The molecule has 3 heterocycles. The maximum atomic E-state index is 5.37. The Balaban J connectivity index is 1.26. The SMILES string of the molecule is c1ccc(-c2cccc(-c3nc(-c4cccc5c4sc4ccccc45)nc(N(c4ccccc4)c4cccc5sc6ccccc6c45)n3)c2)cc1. The van der Waals surface area contributed by atoms with Crippen molar-refractivity contribution in [2.45, 2.75) is 0 Å². The first-order valence-electron chi connectivity index (χ1n) is 16.9. The number of aromatic nitrogens is 3. The summed E-state index contributed by atoms with van der Waals surface area (Å²) in [6, 6.07) is 59.5. The van der Waals surface area contributed by atoms with E-state index in [4.69, 9.17) is 15.0 Å². The fourth-order valence-corrected chi connectivity index (χ4v) is 9.33. The summed E-state index contributed by atoms with van der Waals surface area (Å²) in [5, 5.41) is 4.85. The van der Waals surface area contributed by atoms with Crippen molar-refractivity contribution in [1.82, 2.24) is 15.0 Å². The van der Waals surface area contributed by atoms with Gasteiger partial charge < -0.3 is 0 Å². The Kier molecular flexibility index (Phi) is 7.15. The Morgan fingerprint density at radius 3 is 1.86 bits per heavy atom. The molecule has 0 saturated carbocycles. The highest BCUT2D eigenvalue weighted by Crippen LogP contribution is 2.45. The molecule has 6 heteroatoms. The maximum absolute atomic E-state index is 5.37. The van der Waals surface area contributed by atoms with Crippen LogP contribution in [0.1, 0.15) is 0 Å². The molecule has 0 unspecified atom stereocenters. The third kappa shape index (κ3) is 5.16. The third-order valence-electron chi connectivity index (χ3n) is 9.33. The van der Waals surface area contributed by atoms with Crippen molar-refractivity contribution in [2.75, 3.05) is 4.90 Å². The average Bonchev–Trinajstić information content (AvgIpc) is 3.78. The van der Waals surface area contributed by atoms with Crippen LogP contribution in [-0.2, 0) is 0 Å². The zero-order valence-corrected chi connectivity index (χ0v) is 28.9. The molecular formula is C45H28N4S2. The second-order valence-electron chi connectivity index (χ2n) is 12.4. The van der Waals surface area contributed by atoms with E-state index < -0.39 is 0 Å². The number of rotatable bonds is 6. The van der Waals surface area contributed by atoms with Crippen LogP contribution in [0.2, 0.25) is 0 Å². The summed E-state index contributed by atoms with van der Waals surface area (Å²) in [6.07, 6.45) is 0. The second-order valence-corrected chi connectivity index (χ2v) is 14.6. The highest BCUT2D eigenvalue weighted by molar-refractivity contribution is 7.26. The predicted octanol–water partition coefficient (Wildman–Crippen LogP) is 13.1. The number of anilines is 3. The molecule has 0 bridgehead atoms. The van der Waals surface area contributed by atoms with E-state index in [1.165, 1.54) is 35.6 Å². The molecule has 0 saturated heterocycles. The van der Waals surface area contributed by atoms with Crippen molar-refractivity contribution in [3.8, 4) is 33.9 Å². The zero-order chi connectivity index (χ0) is 33.7.